The summed E-state index contributed by atoms with van der Waals surface area (Å²) in [4.78, 5) is 0. The van der Waals surface area contributed by atoms with Crippen molar-refractivity contribution in [3.63, 3.8) is 0 Å². The minimum absolute atomic E-state index is 0.110. The third-order valence-electron chi connectivity index (χ3n) is 3.72. The summed E-state index contributed by atoms with van der Waals surface area (Å²) in [5, 5.41) is 0. The van der Waals surface area contributed by atoms with Gasteiger partial charge in [-0.15, -0.1) is 0 Å². The van der Waals surface area contributed by atoms with Gasteiger partial charge in [-0.2, -0.15) is 13.2 Å². The van der Waals surface area contributed by atoms with Gasteiger partial charge in [0.15, 0.2) is 0 Å². The lowest BCUT2D eigenvalue weighted by Crippen LogP contribution is -2.39. The molecule has 1 aliphatic rings. The number of ether oxygens (including phenoxy) is 1. The molecule has 2 atom stereocenters. The highest BCUT2D eigenvalue weighted by Gasteiger charge is 2.35. The second-order valence-corrected chi connectivity index (χ2v) is 5.31. The molecule has 1 aliphatic carbocycles. The van der Waals surface area contributed by atoms with Crippen molar-refractivity contribution in [2.24, 2.45) is 5.73 Å². The van der Waals surface area contributed by atoms with Gasteiger partial charge in [-0.3, -0.25) is 0 Å². The zero-order valence-corrected chi connectivity index (χ0v) is 11.3. The second-order valence-electron chi connectivity index (χ2n) is 5.31. The largest absolute Gasteiger partial charge is 0.488 e. The fraction of sp³-hybridized carbons (Fsp3) is 0.600. The van der Waals surface area contributed by atoms with Crippen LogP contribution < -0.4 is 10.5 Å². The number of benzene rings is 1. The van der Waals surface area contributed by atoms with Crippen LogP contribution in [-0.4, -0.2) is 12.1 Å². The average molecular weight is 287 g/mol. The zero-order chi connectivity index (χ0) is 14.6. The molecular weight excluding hydrogens is 267 g/mol. The molecule has 0 heterocycles. The van der Waals surface area contributed by atoms with Crippen LogP contribution in [0.2, 0.25) is 0 Å². The van der Waals surface area contributed by atoms with Crippen LogP contribution in [0, 0.1) is 0 Å². The standard InChI is InChI=1S/C15H20F3NO/c16-15(17,18)11-7-5-6-9-13(11)20-14-10-4-2-1-3-8-12(14)19/h5-7,9,12,14H,1-4,8,10,19H2. The molecule has 2 rings (SSSR count). The van der Waals surface area contributed by atoms with E-state index in [-0.39, 0.29) is 17.9 Å². The lowest BCUT2D eigenvalue weighted by Gasteiger charge is -2.28. The van der Waals surface area contributed by atoms with Crippen LogP contribution in [0.5, 0.6) is 5.75 Å². The molecule has 0 spiro atoms. The van der Waals surface area contributed by atoms with Gasteiger partial charge >= 0.3 is 6.18 Å². The minimum atomic E-state index is -4.40. The Morgan fingerprint density at radius 1 is 1.00 bits per heavy atom. The van der Waals surface area contributed by atoms with Crippen molar-refractivity contribution in [3.8, 4) is 5.75 Å². The number of para-hydroxylation sites is 1. The molecule has 2 nitrogen and oxygen atoms in total. The summed E-state index contributed by atoms with van der Waals surface area (Å²) in [6.07, 6.45) is 0.981. The monoisotopic (exact) mass is 287 g/mol. The minimum Gasteiger partial charge on any atom is -0.488 e. The Bertz CT molecular complexity index is 433. The summed E-state index contributed by atoms with van der Waals surface area (Å²) in [6.45, 7) is 0. The van der Waals surface area contributed by atoms with E-state index in [1.165, 1.54) is 12.1 Å². The predicted octanol–water partition coefficient (Wildman–Crippen LogP) is 4.13. The van der Waals surface area contributed by atoms with Gasteiger partial charge in [0.05, 0.1) is 5.56 Å². The van der Waals surface area contributed by atoms with E-state index in [1.54, 1.807) is 6.07 Å². The molecule has 2 unspecified atom stereocenters. The Morgan fingerprint density at radius 2 is 1.65 bits per heavy atom. The molecule has 2 N–H and O–H groups in total. The summed E-state index contributed by atoms with van der Waals surface area (Å²) < 4.78 is 44.4. The Labute approximate surface area is 117 Å². The molecule has 1 saturated carbocycles. The van der Waals surface area contributed by atoms with Gasteiger partial charge in [0.2, 0.25) is 0 Å². The summed E-state index contributed by atoms with van der Waals surface area (Å²) in [5.41, 5.74) is 5.32. The smallest absolute Gasteiger partial charge is 0.419 e. The van der Waals surface area contributed by atoms with Gasteiger partial charge in [-0.25, -0.2) is 0 Å². The molecule has 20 heavy (non-hydrogen) atoms. The lowest BCUT2D eigenvalue weighted by atomic mass is 9.94. The maximum atomic E-state index is 12.9. The Hall–Kier alpha value is -1.23. The first-order chi connectivity index (χ1) is 9.48. The van der Waals surface area contributed by atoms with Crippen LogP contribution in [0.3, 0.4) is 0 Å². The van der Waals surface area contributed by atoms with Gasteiger partial charge in [-0.05, 0) is 31.4 Å². The van der Waals surface area contributed by atoms with Crippen molar-refractivity contribution in [1.82, 2.24) is 0 Å². The number of hydrogen-bond donors (Lipinski definition) is 1. The van der Waals surface area contributed by atoms with Crippen molar-refractivity contribution >= 4 is 0 Å². The van der Waals surface area contributed by atoms with Crippen LogP contribution in [0.25, 0.3) is 0 Å². The van der Waals surface area contributed by atoms with E-state index < -0.39 is 11.7 Å². The van der Waals surface area contributed by atoms with Crippen molar-refractivity contribution in [2.75, 3.05) is 0 Å². The summed E-state index contributed by atoms with van der Waals surface area (Å²) in [5.74, 6) is -0.110. The van der Waals surface area contributed by atoms with Crippen LogP contribution >= 0.6 is 0 Å². The highest BCUT2D eigenvalue weighted by atomic mass is 19.4. The normalized spacial score (nSPS) is 24.8. The molecule has 0 bridgehead atoms. The maximum absolute atomic E-state index is 12.9. The molecule has 1 aromatic carbocycles. The van der Waals surface area contributed by atoms with E-state index >= 15 is 0 Å². The van der Waals surface area contributed by atoms with E-state index in [0.717, 1.165) is 38.2 Å². The Morgan fingerprint density at radius 3 is 2.35 bits per heavy atom. The van der Waals surface area contributed by atoms with Crippen molar-refractivity contribution in [1.29, 1.82) is 0 Å². The average Bonchev–Trinajstić information content (AvgIpc) is 2.38. The Balaban J connectivity index is 2.15. The van der Waals surface area contributed by atoms with E-state index in [4.69, 9.17) is 10.5 Å². The topological polar surface area (TPSA) is 35.2 Å². The number of halogens is 3. The third kappa shape index (κ3) is 3.88. The van der Waals surface area contributed by atoms with E-state index in [9.17, 15) is 13.2 Å². The van der Waals surface area contributed by atoms with E-state index in [2.05, 4.69) is 0 Å². The van der Waals surface area contributed by atoms with Crippen LogP contribution in [0.4, 0.5) is 13.2 Å². The van der Waals surface area contributed by atoms with Crippen molar-refractivity contribution in [3.05, 3.63) is 29.8 Å². The second kappa shape index (κ2) is 6.48. The molecule has 0 saturated heterocycles. The van der Waals surface area contributed by atoms with Crippen LogP contribution in [0.1, 0.15) is 44.1 Å². The highest BCUT2D eigenvalue weighted by molar-refractivity contribution is 5.35. The fourth-order valence-electron chi connectivity index (χ4n) is 2.59. The summed E-state index contributed by atoms with van der Waals surface area (Å²) >= 11 is 0. The molecule has 0 amide bonds. The van der Waals surface area contributed by atoms with Gasteiger partial charge in [0.1, 0.15) is 11.9 Å². The lowest BCUT2D eigenvalue weighted by molar-refractivity contribution is -0.139. The zero-order valence-electron chi connectivity index (χ0n) is 11.3. The van der Waals surface area contributed by atoms with Gasteiger partial charge in [0, 0.05) is 6.04 Å². The van der Waals surface area contributed by atoms with Crippen LogP contribution in [0.15, 0.2) is 24.3 Å². The van der Waals surface area contributed by atoms with E-state index in [1.807, 2.05) is 0 Å². The SMILES string of the molecule is NC1CCCCCCC1Oc1ccccc1C(F)(F)F. The predicted molar refractivity (Wildman–Crippen MR) is 71.5 cm³/mol. The van der Waals surface area contributed by atoms with Crippen LogP contribution in [-0.2, 0) is 6.18 Å². The molecule has 5 heteroatoms. The summed E-state index contributed by atoms with van der Waals surface area (Å²) in [6, 6.07) is 5.14. The molecule has 1 fully saturated rings. The molecule has 0 aromatic heterocycles. The Kier molecular flexibility index (Phi) is 4.91. The molecular formula is C15H20F3NO. The fourth-order valence-corrected chi connectivity index (χ4v) is 2.59. The van der Waals surface area contributed by atoms with Crippen molar-refractivity contribution < 1.29 is 17.9 Å². The molecule has 0 aliphatic heterocycles. The first-order valence-corrected chi connectivity index (χ1v) is 7.07. The number of rotatable bonds is 2. The quantitative estimate of drug-likeness (QED) is 0.887. The third-order valence-corrected chi connectivity index (χ3v) is 3.72. The molecule has 1 aromatic rings. The highest BCUT2D eigenvalue weighted by Crippen LogP contribution is 2.37. The number of nitrogens with two attached hydrogens (primary N) is 1. The maximum Gasteiger partial charge on any atom is 0.419 e. The van der Waals surface area contributed by atoms with Gasteiger partial charge in [-0.1, -0.05) is 31.4 Å². The molecule has 112 valence electrons. The summed E-state index contributed by atoms with van der Waals surface area (Å²) in [7, 11) is 0. The van der Waals surface area contributed by atoms with Crippen molar-refractivity contribution in [2.45, 2.75) is 56.8 Å². The first-order valence-electron chi connectivity index (χ1n) is 7.07. The van der Waals surface area contributed by atoms with Gasteiger partial charge in [0.25, 0.3) is 0 Å². The number of alkyl halides is 3. The first kappa shape index (κ1) is 15.2. The van der Waals surface area contributed by atoms with E-state index in [0.29, 0.717) is 6.42 Å². The molecule has 0 radical (unpaired) electrons. The van der Waals surface area contributed by atoms with Gasteiger partial charge < -0.3 is 10.5 Å². The number of hydrogen-bond acceptors (Lipinski definition) is 2.